The van der Waals surface area contributed by atoms with Crippen molar-refractivity contribution in [3.63, 3.8) is 0 Å². The molecule has 0 saturated heterocycles. The molecule has 0 aromatic heterocycles. The summed E-state index contributed by atoms with van der Waals surface area (Å²) >= 11 is 0. The third-order valence-corrected chi connectivity index (χ3v) is 1.74. The zero-order valence-corrected chi connectivity index (χ0v) is 11.4. The Kier molecular flexibility index (Phi) is 10.2. The molecule has 0 radical (unpaired) electrons. The molecule has 4 N–H and O–H groups in total. The fourth-order valence-electron chi connectivity index (χ4n) is 0.966. The smallest absolute Gasteiger partial charge is 0.305 e. The molecule has 2 amide bonds. The van der Waals surface area contributed by atoms with Gasteiger partial charge in [0.2, 0.25) is 11.8 Å². The Bertz CT molecular complexity index is 326. The zero-order valence-electron chi connectivity index (χ0n) is 11.4. The van der Waals surface area contributed by atoms with Crippen LogP contribution in [0.1, 0.15) is 34.1 Å². The monoisotopic (exact) mass is 276 g/mol. The van der Waals surface area contributed by atoms with Crippen molar-refractivity contribution in [1.82, 2.24) is 10.6 Å². The van der Waals surface area contributed by atoms with Crippen molar-refractivity contribution in [3.05, 3.63) is 0 Å². The summed E-state index contributed by atoms with van der Waals surface area (Å²) in [4.78, 5) is 43.3. The minimum atomic E-state index is -1.72. The van der Waals surface area contributed by atoms with Crippen molar-refractivity contribution < 1.29 is 29.4 Å². The Morgan fingerprint density at radius 2 is 1.53 bits per heavy atom. The van der Waals surface area contributed by atoms with E-state index in [1.54, 1.807) is 0 Å². The van der Waals surface area contributed by atoms with Crippen molar-refractivity contribution in [1.29, 1.82) is 0 Å². The second-order valence-electron chi connectivity index (χ2n) is 3.37. The highest BCUT2D eigenvalue weighted by molar-refractivity contribution is 5.92. The molecule has 110 valence electrons. The van der Waals surface area contributed by atoms with Crippen LogP contribution in [0.5, 0.6) is 0 Å². The van der Waals surface area contributed by atoms with Gasteiger partial charge in [-0.05, 0) is 6.92 Å². The molecule has 2 atom stereocenters. The van der Waals surface area contributed by atoms with Gasteiger partial charge in [0.1, 0.15) is 6.04 Å². The van der Waals surface area contributed by atoms with Crippen molar-refractivity contribution in [3.8, 4) is 0 Å². The molecule has 0 rings (SSSR count). The lowest BCUT2D eigenvalue weighted by molar-refractivity contribution is -0.142. The highest BCUT2D eigenvalue weighted by atomic mass is 16.4. The zero-order chi connectivity index (χ0) is 15.6. The maximum absolute atomic E-state index is 11.4. The summed E-state index contributed by atoms with van der Waals surface area (Å²) in [7, 11) is 0. The van der Waals surface area contributed by atoms with E-state index in [-0.39, 0.29) is 0 Å². The average molecular weight is 276 g/mol. The molecular weight excluding hydrogens is 256 g/mol. The number of carbonyl (C=O) groups is 4. The van der Waals surface area contributed by atoms with Crippen LogP contribution in [0.2, 0.25) is 0 Å². The number of carboxylic acids is 1. The second-order valence-corrected chi connectivity index (χ2v) is 3.37. The van der Waals surface area contributed by atoms with Crippen LogP contribution in [0.15, 0.2) is 0 Å². The molecule has 8 heteroatoms. The topological polar surface area (TPSA) is 133 Å². The van der Waals surface area contributed by atoms with Crippen LogP contribution in [0.4, 0.5) is 0 Å². The van der Waals surface area contributed by atoms with Crippen LogP contribution in [0.25, 0.3) is 0 Å². The largest absolute Gasteiger partial charge is 0.481 e. The number of aliphatic carboxylic acids is 1. The third kappa shape index (κ3) is 9.72. The molecular formula is C11H20N2O6. The number of nitrogens with one attached hydrogen (secondary N) is 2. The average Bonchev–Trinajstić information content (AvgIpc) is 2.29. The lowest BCUT2D eigenvalue weighted by atomic mass is 10.2. The summed E-state index contributed by atoms with van der Waals surface area (Å²) in [5.41, 5.74) is 0. The van der Waals surface area contributed by atoms with E-state index in [1.807, 2.05) is 19.2 Å². The van der Waals surface area contributed by atoms with E-state index >= 15 is 0 Å². The van der Waals surface area contributed by atoms with E-state index < -0.39 is 42.3 Å². The van der Waals surface area contributed by atoms with E-state index in [9.17, 15) is 19.2 Å². The van der Waals surface area contributed by atoms with E-state index in [4.69, 9.17) is 10.2 Å². The molecule has 0 aliphatic rings. The molecule has 0 aliphatic carbocycles. The van der Waals surface area contributed by atoms with Crippen LogP contribution in [-0.4, -0.2) is 46.0 Å². The maximum atomic E-state index is 11.4. The van der Waals surface area contributed by atoms with Crippen molar-refractivity contribution in [2.24, 2.45) is 0 Å². The van der Waals surface area contributed by atoms with Gasteiger partial charge in [-0.15, -0.1) is 0 Å². The lowest BCUT2D eigenvalue weighted by Crippen LogP contribution is -2.51. The predicted octanol–water partition coefficient (Wildman–Crippen LogP) is -0.984. The van der Waals surface area contributed by atoms with Gasteiger partial charge in [-0.2, -0.15) is 0 Å². The molecule has 0 saturated carbocycles. The molecule has 0 heterocycles. The molecule has 2 unspecified atom stereocenters. The molecule has 0 aromatic carbocycles. The summed E-state index contributed by atoms with van der Waals surface area (Å²) in [5.74, 6) is -3.53. The van der Waals surface area contributed by atoms with E-state index in [0.29, 0.717) is 0 Å². The SMILES string of the molecule is CC.CC(=O)NC(CC(=O)O)C(=O)NC(O)C(C)=O. The van der Waals surface area contributed by atoms with Crippen LogP contribution >= 0.6 is 0 Å². The molecule has 8 nitrogen and oxygen atoms in total. The molecule has 0 aliphatic heterocycles. The van der Waals surface area contributed by atoms with Gasteiger partial charge in [0.25, 0.3) is 0 Å². The van der Waals surface area contributed by atoms with Crippen molar-refractivity contribution >= 4 is 23.6 Å². The van der Waals surface area contributed by atoms with Crippen molar-refractivity contribution in [2.45, 2.75) is 46.4 Å². The Hall–Kier alpha value is -1.96. The number of ketones is 1. The first-order chi connectivity index (χ1) is 8.73. The number of Topliss-reactive ketones (excluding diaryl/α,β-unsaturated/α-hetero) is 1. The standard InChI is InChI=1S/C9H14N2O6.C2H6/c1-4(12)8(16)11-9(17)6(3-7(14)15)10-5(2)13;1-2/h6,8,16H,3H2,1-2H3,(H,10,13)(H,11,17)(H,14,15);1-2H3. The Balaban J connectivity index is 0. The van der Waals surface area contributed by atoms with Crippen LogP contribution in [0.3, 0.4) is 0 Å². The molecule has 0 aromatic rings. The molecule has 19 heavy (non-hydrogen) atoms. The first kappa shape index (κ1) is 19.4. The summed E-state index contributed by atoms with van der Waals surface area (Å²) in [6, 6.07) is -1.33. The number of hydrogen-bond donors (Lipinski definition) is 4. The van der Waals surface area contributed by atoms with E-state index in [2.05, 4.69) is 5.32 Å². The number of rotatable bonds is 6. The van der Waals surface area contributed by atoms with Gasteiger partial charge in [0, 0.05) is 6.92 Å². The van der Waals surface area contributed by atoms with E-state index in [1.165, 1.54) is 0 Å². The number of aliphatic hydroxyl groups is 1. The summed E-state index contributed by atoms with van der Waals surface area (Å²) in [6.45, 7) is 6.17. The van der Waals surface area contributed by atoms with Gasteiger partial charge < -0.3 is 20.8 Å². The fourth-order valence-corrected chi connectivity index (χ4v) is 0.966. The Morgan fingerprint density at radius 1 is 1.05 bits per heavy atom. The minimum absolute atomic E-state index is 0.594. The summed E-state index contributed by atoms with van der Waals surface area (Å²) < 4.78 is 0. The minimum Gasteiger partial charge on any atom is -0.481 e. The predicted molar refractivity (Wildman–Crippen MR) is 66.0 cm³/mol. The summed E-state index contributed by atoms with van der Waals surface area (Å²) in [6.07, 6.45) is -2.36. The first-order valence-electron chi connectivity index (χ1n) is 5.71. The quantitative estimate of drug-likeness (QED) is 0.461. The fraction of sp³-hybridized carbons (Fsp3) is 0.636. The van der Waals surface area contributed by atoms with Gasteiger partial charge in [-0.25, -0.2) is 0 Å². The maximum Gasteiger partial charge on any atom is 0.305 e. The highest BCUT2D eigenvalue weighted by Gasteiger charge is 2.25. The molecule has 0 bridgehead atoms. The number of hydrogen-bond acceptors (Lipinski definition) is 5. The Labute approximate surface area is 111 Å². The number of carbonyl (C=O) groups excluding carboxylic acids is 3. The summed E-state index contributed by atoms with van der Waals surface area (Å²) in [5, 5.41) is 21.6. The van der Waals surface area contributed by atoms with Crippen LogP contribution in [0, 0.1) is 0 Å². The Morgan fingerprint density at radius 3 is 1.84 bits per heavy atom. The first-order valence-corrected chi connectivity index (χ1v) is 5.71. The number of carboxylic acid groups (broad SMARTS) is 1. The van der Waals surface area contributed by atoms with Crippen LogP contribution in [-0.2, 0) is 19.2 Å². The lowest BCUT2D eigenvalue weighted by Gasteiger charge is -2.17. The van der Waals surface area contributed by atoms with Crippen molar-refractivity contribution in [2.75, 3.05) is 0 Å². The highest BCUT2D eigenvalue weighted by Crippen LogP contribution is 1.94. The number of aliphatic hydroxyl groups excluding tert-OH is 1. The number of amides is 2. The second kappa shape index (κ2) is 10.0. The van der Waals surface area contributed by atoms with Gasteiger partial charge in [0.05, 0.1) is 6.42 Å². The van der Waals surface area contributed by atoms with Gasteiger partial charge in [-0.3, -0.25) is 19.2 Å². The molecule has 0 fully saturated rings. The van der Waals surface area contributed by atoms with Gasteiger partial charge in [0.15, 0.2) is 12.0 Å². The third-order valence-electron chi connectivity index (χ3n) is 1.74. The van der Waals surface area contributed by atoms with Crippen LogP contribution < -0.4 is 10.6 Å². The van der Waals surface area contributed by atoms with E-state index in [0.717, 1.165) is 13.8 Å². The normalized spacial score (nSPS) is 12.3. The van der Waals surface area contributed by atoms with Gasteiger partial charge >= 0.3 is 5.97 Å². The molecule has 0 spiro atoms. The van der Waals surface area contributed by atoms with Gasteiger partial charge in [-0.1, -0.05) is 13.8 Å².